The van der Waals surface area contributed by atoms with Crippen molar-refractivity contribution < 1.29 is 24.2 Å². The quantitative estimate of drug-likeness (QED) is 0.540. The normalized spacial score (nSPS) is 17.2. The van der Waals surface area contributed by atoms with Crippen LogP contribution < -0.4 is 14.4 Å². The number of halogens is 1. The van der Waals surface area contributed by atoms with Gasteiger partial charge in [-0.05, 0) is 35.9 Å². The van der Waals surface area contributed by atoms with Crippen molar-refractivity contribution in [2.24, 2.45) is 0 Å². The summed E-state index contributed by atoms with van der Waals surface area (Å²) in [5.41, 5.74) is 0.114. The highest BCUT2D eigenvalue weighted by Crippen LogP contribution is 2.44. The van der Waals surface area contributed by atoms with Crippen molar-refractivity contribution >= 4 is 29.0 Å². The number of carbonyl (C=O) groups is 2. The Kier molecular flexibility index (Phi) is 5.91. The van der Waals surface area contributed by atoms with Gasteiger partial charge in [0.25, 0.3) is 5.91 Å². The number of ether oxygens (including phenoxy) is 2. The lowest BCUT2D eigenvalue weighted by molar-refractivity contribution is -0.136. The van der Waals surface area contributed by atoms with Gasteiger partial charge in [-0.25, -0.2) is 0 Å². The Balaban J connectivity index is 1.67. The monoisotopic (exact) mass is 451 g/mol. The average molecular weight is 452 g/mol. The van der Waals surface area contributed by atoms with Crippen molar-refractivity contribution in [2.75, 3.05) is 19.1 Å². The molecule has 0 spiro atoms. The van der Waals surface area contributed by atoms with E-state index in [1.807, 2.05) is 12.1 Å². The van der Waals surface area contributed by atoms with E-state index in [-0.39, 0.29) is 12.1 Å². The molecule has 1 aliphatic heterocycles. The number of para-hydroxylation sites is 1. The van der Waals surface area contributed by atoms with E-state index >= 15 is 0 Å². The molecule has 0 saturated heterocycles. The van der Waals surface area contributed by atoms with Crippen LogP contribution in [0.2, 0.25) is 5.02 Å². The maximum Gasteiger partial charge on any atom is 0.264 e. The number of methoxy groups -OCH3 is 2. The first-order chi connectivity index (χ1) is 15.4. The lowest BCUT2D eigenvalue weighted by Gasteiger charge is -2.23. The van der Waals surface area contributed by atoms with Crippen LogP contribution in [0.3, 0.4) is 0 Å². The molecule has 164 valence electrons. The molecule has 3 aromatic carbocycles. The second kappa shape index (κ2) is 8.65. The number of amides is 1. The lowest BCUT2D eigenvalue weighted by atomic mass is 9.88. The number of rotatable bonds is 7. The number of nitrogens with zero attached hydrogens (tertiary/aromatic N) is 1. The van der Waals surface area contributed by atoms with Gasteiger partial charge in [-0.1, -0.05) is 41.9 Å². The van der Waals surface area contributed by atoms with Crippen LogP contribution >= 0.6 is 11.6 Å². The zero-order valence-electron chi connectivity index (χ0n) is 17.7. The number of carbonyl (C=O) groups excluding carboxylic acids is 2. The first kappa shape index (κ1) is 21.9. The fourth-order valence-electron chi connectivity index (χ4n) is 3.96. The largest absolute Gasteiger partial charge is 0.497 e. The molecule has 7 heteroatoms. The van der Waals surface area contributed by atoms with Gasteiger partial charge in [-0.2, -0.15) is 0 Å². The van der Waals surface area contributed by atoms with Gasteiger partial charge in [0.15, 0.2) is 11.4 Å². The van der Waals surface area contributed by atoms with Crippen LogP contribution in [0, 0.1) is 0 Å². The number of Topliss-reactive ketones (excluding diaryl/α,β-unsaturated/α-hetero) is 1. The predicted octanol–water partition coefficient (Wildman–Crippen LogP) is 4.36. The van der Waals surface area contributed by atoms with Crippen molar-refractivity contribution in [3.05, 3.63) is 88.4 Å². The molecule has 0 aliphatic carbocycles. The third-order valence-corrected chi connectivity index (χ3v) is 5.87. The molecule has 0 aromatic heterocycles. The minimum Gasteiger partial charge on any atom is -0.497 e. The van der Waals surface area contributed by atoms with E-state index in [9.17, 15) is 14.7 Å². The fraction of sp³-hybridized carbons (Fsp3) is 0.200. The molecule has 0 saturated carbocycles. The van der Waals surface area contributed by atoms with E-state index in [0.717, 1.165) is 5.56 Å². The Hall–Kier alpha value is -3.35. The third kappa shape index (κ3) is 3.83. The first-order valence-electron chi connectivity index (χ1n) is 10.0. The second-order valence-corrected chi connectivity index (χ2v) is 8.00. The van der Waals surface area contributed by atoms with Crippen LogP contribution in [-0.2, 0) is 16.9 Å². The highest BCUT2D eigenvalue weighted by atomic mass is 35.5. The summed E-state index contributed by atoms with van der Waals surface area (Å²) in [5.74, 6) is -0.110. The van der Waals surface area contributed by atoms with E-state index in [0.29, 0.717) is 27.8 Å². The van der Waals surface area contributed by atoms with Gasteiger partial charge < -0.3 is 19.5 Å². The van der Waals surface area contributed by atoms with Crippen LogP contribution in [-0.4, -0.2) is 31.0 Å². The SMILES string of the molecule is COc1ccc(C(=O)CC2(O)C(=O)N(Cc3ccc(Cl)cc3)c3ccccc32)c(OC)c1. The maximum atomic E-state index is 13.4. The van der Waals surface area contributed by atoms with Gasteiger partial charge in [0.2, 0.25) is 0 Å². The smallest absolute Gasteiger partial charge is 0.264 e. The number of benzene rings is 3. The number of fused-ring (bicyclic) bond motifs is 1. The number of anilines is 1. The third-order valence-electron chi connectivity index (χ3n) is 5.62. The Morgan fingerprint density at radius 1 is 1.03 bits per heavy atom. The van der Waals surface area contributed by atoms with Crippen LogP contribution in [0.25, 0.3) is 0 Å². The lowest BCUT2D eigenvalue weighted by Crippen LogP contribution is -2.41. The first-order valence-corrected chi connectivity index (χ1v) is 10.4. The molecule has 6 nitrogen and oxygen atoms in total. The minimum atomic E-state index is -1.98. The van der Waals surface area contributed by atoms with Crippen molar-refractivity contribution in [2.45, 2.75) is 18.6 Å². The molecule has 1 unspecified atom stereocenters. The van der Waals surface area contributed by atoms with E-state index < -0.39 is 23.7 Å². The molecule has 1 heterocycles. The summed E-state index contributed by atoms with van der Waals surface area (Å²) in [4.78, 5) is 28.1. The van der Waals surface area contributed by atoms with Crippen LogP contribution in [0.1, 0.15) is 27.9 Å². The molecule has 4 rings (SSSR count). The summed E-state index contributed by atoms with van der Waals surface area (Å²) in [7, 11) is 2.96. The molecule has 0 fully saturated rings. The Morgan fingerprint density at radius 3 is 2.44 bits per heavy atom. The summed E-state index contributed by atoms with van der Waals surface area (Å²) in [5, 5.41) is 12.1. The van der Waals surface area contributed by atoms with Gasteiger partial charge in [-0.3, -0.25) is 9.59 Å². The molecule has 1 atom stereocenters. The molecular formula is C25H22ClNO5. The summed E-state index contributed by atoms with van der Waals surface area (Å²) in [6, 6.07) is 18.9. The Labute approximate surface area is 191 Å². The van der Waals surface area contributed by atoms with Crippen molar-refractivity contribution in [3.8, 4) is 11.5 Å². The molecule has 1 amide bonds. The molecular weight excluding hydrogens is 430 g/mol. The summed E-state index contributed by atoms with van der Waals surface area (Å²) in [6.07, 6.45) is -0.414. The van der Waals surface area contributed by atoms with Gasteiger partial charge in [0, 0.05) is 16.7 Å². The molecule has 0 bridgehead atoms. The second-order valence-electron chi connectivity index (χ2n) is 7.56. The zero-order chi connectivity index (χ0) is 22.9. The highest BCUT2D eigenvalue weighted by Gasteiger charge is 2.51. The van der Waals surface area contributed by atoms with Gasteiger partial charge >= 0.3 is 0 Å². The van der Waals surface area contributed by atoms with E-state index in [1.54, 1.807) is 54.6 Å². The number of hydrogen-bond donors (Lipinski definition) is 1. The Morgan fingerprint density at radius 2 is 1.75 bits per heavy atom. The molecule has 3 aromatic rings. The van der Waals surface area contributed by atoms with Crippen molar-refractivity contribution in [1.82, 2.24) is 0 Å². The van der Waals surface area contributed by atoms with E-state index in [2.05, 4.69) is 0 Å². The number of ketones is 1. The summed E-state index contributed by atoms with van der Waals surface area (Å²) in [6.45, 7) is 0.245. The summed E-state index contributed by atoms with van der Waals surface area (Å²) < 4.78 is 10.5. The van der Waals surface area contributed by atoms with Gasteiger partial charge in [0.1, 0.15) is 11.5 Å². The summed E-state index contributed by atoms with van der Waals surface area (Å²) >= 11 is 5.97. The van der Waals surface area contributed by atoms with Gasteiger partial charge in [-0.15, -0.1) is 0 Å². The van der Waals surface area contributed by atoms with Crippen LogP contribution in [0.4, 0.5) is 5.69 Å². The highest BCUT2D eigenvalue weighted by molar-refractivity contribution is 6.30. The number of aliphatic hydroxyl groups is 1. The van der Waals surface area contributed by atoms with Crippen LogP contribution in [0.15, 0.2) is 66.7 Å². The van der Waals surface area contributed by atoms with Gasteiger partial charge in [0.05, 0.1) is 38.4 Å². The van der Waals surface area contributed by atoms with Crippen molar-refractivity contribution in [1.29, 1.82) is 0 Å². The number of hydrogen-bond acceptors (Lipinski definition) is 5. The zero-order valence-corrected chi connectivity index (χ0v) is 18.4. The molecule has 1 aliphatic rings. The standard InChI is InChI=1S/C25H22ClNO5/c1-31-18-11-12-19(23(13-18)32-2)22(28)14-25(30)20-5-3-4-6-21(20)27(24(25)29)15-16-7-9-17(26)10-8-16/h3-13,30H,14-15H2,1-2H3. The van der Waals surface area contributed by atoms with Crippen molar-refractivity contribution in [3.63, 3.8) is 0 Å². The molecule has 1 N–H and O–H groups in total. The van der Waals surface area contributed by atoms with E-state index in [4.69, 9.17) is 21.1 Å². The predicted molar refractivity (Wildman–Crippen MR) is 121 cm³/mol. The topological polar surface area (TPSA) is 76.1 Å². The molecule has 32 heavy (non-hydrogen) atoms. The maximum absolute atomic E-state index is 13.4. The Bertz CT molecular complexity index is 1180. The minimum absolute atomic E-state index is 0.245. The molecule has 0 radical (unpaired) electrons. The van der Waals surface area contributed by atoms with Crippen LogP contribution in [0.5, 0.6) is 11.5 Å². The average Bonchev–Trinajstić information content (AvgIpc) is 3.01. The fourth-order valence-corrected chi connectivity index (χ4v) is 4.09. The van der Waals surface area contributed by atoms with E-state index in [1.165, 1.54) is 19.1 Å².